The highest BCUT2D eigenvalue weighted by Crippen LogP contribution is 2.32. The number of hydrogen-bond donors (Lipinski definition) is 1. The lowest BCUT2D eigenvalue weighted by molar-refractivity contribution is 0.0402. The second-order valence-corrected chi connectivity index (χ2v) is 4.30. The van der Waals surface area contributed by atoms with Gasteiger partial charge >= 0.3 is 0 Å². The lowest BCUT2D eigenvalue weighted by Gasteiger charge is -2.22. The van der Waals surface area contributed by atoms with Crippen molar-refractivity contribution >= 4 is 11.4 Å². The van der Waals surface area contributed by atoms with E-state index in [1.165, 1.54) is 5.56 Å². The zero-order chi connectivity index (χ0) is 12.5. The van der Waals surface area contributed by atoms with Crippen molar-refractivity contribution in [1.29, 1.82) is 0 Å². The molecule has 1 N–H and O–H groups in total. The number of hydrogen-bond acceptors (Lipinski definition) is 3. The van der Waals surface area contributed by atoms with Crippen LogP contribution in [0.4, 0.5) is 5.69 Å². The van der Waals surface area contributed by atoms with Gasteiger partial charge in [-0.15, -0.1) is 0 Å². The monoisotopic (exact) mass is 239 g/mol. The van der Waals surface area contributed by atoms with Gasteiger partial charge in [0.05, 0.1) is 0 Å². The van der Waals surface area contributed by atoms with Crippen molar-refractivity contribution in [2.75, 3.05) is 0 Å². The molecular weight excluding hydrogens is 226 g/mol. The molecule has 2 aromatic rings. The van der Waals surface area contributed by atoms with Gasteiger partial charge in [0.2, 0.25) is 6.29 Å². The van der Waals surface area contributed by atoms with Crippen LogP contribution in [0.25, 0.3) is 0 Å². The number of ether oxygens (including phenoxy) is 1. The fourth-order valence-electron chi connectivity index (χ4n) is 1.94. The Labute approximate surface area is 105 Å². The SMILES string of the molecule is Cc1ccc(C2=Nc3ccccc3OC2O)cc1. The molecule has 3 heteroatoms. The van der Waals surface area contributed by atoms with Gasteiger partial charge in [-0.3, -0.25) is 0 Å². The number of para-hydroxylation sites is 2. The molecule has 1 aliphatic rings. The van der Waals surface area contributed by atoms with Crippen molar-refractivity contribution in [3.05, 3.63) is 59.7 Å². The van der Waals surface area contributed by atoms with Crippen LogP contribution in [0.3, 0.4) is 0 Å². The summed E-state index contributed by atoms with van der Waals surface area (Å²) in [6.45, 7) is 2.02. The zero-order valence-corrected chi connectivity index (χ0v) is 10.00. The third kappa shape index (κ3) is 1.89. The molecule has 0 saturated heterocycles. The number of fused-ring (bicyclic) bond motifs is 1. The molecule has 0 spiro atoms. The summed E-state index contributed by atoms with van der Waals surface area (Å²) in [5.41, 5.74) is 3.35. The predicted molar refractivity (Wildman–Crippen MR) is 70.5 cm³/mol. The fraction of sp³-hybridized carbons (Fsp3) is 0.133. The largest absolute Gasteiger partial charge is 0.457 e. The number of rotatable bonds is 1. The quantitative estimate of drug-likeness (QED) is 0.831. The molecule has 0 amide bonds. The maximum atomic E-state index is 9.99. The first-order chi connectivity index (χ1) is 8.74. The second kappa shape index (κ2) is 4.27. The van der Waals surface area contributed by atoms with Crippen molar-refractivity contribution in [3.8, 4) is 5.75 Å². The first-order valence-electron chi connectivity index (χ1n) is 5.83. The lowest BCUT2D eigenvalue weighted by Crippen LogP contribution is -2.29. The average Bonchev–Trinajstić information content (AvgIpc) is 2.39. The van der Waals surface area contributed by atoms with E-state index in [0.717, 1.165) is 11.3 Å². The minimum Gasteiger partial charge on any atom is -0.457 e. The van der Waals surface area contributed by atoms with Gasteiger partial charge in [0, 0.05) is 5.56 Å². The van der Waals surface area contributed by atoms with E-state index in [1.807, 2.05) is 49.4 Å². The minimum absolute atomic E-state index is 0.550. The molecule has 3 nitrogen and oxygen atoms in total. The van der Waals surface area contributed by atoms with Crippen molar-refractivity contribution in [3.63, 3.8) is 0 Å². The van der Waals surface area contributed by atoms with Gasteiger partial charge in [0.15, 0.2) is 0 Å². The van der Waals surface area contributed by atoms with Crippen LogP contribution in [0, 0.1) is 6.92 Å². The Balaban J connectivity index is 2.07. The lowest BCUT2D eigenvalue weighted by atomic mass is 10.1. The van der Waals surface area contributed by atoms with Crippen LogP contribution in [0.5, 0.6) is 5.75 Å². The molecule has 90 valence electrons. The van der Waals surface area contributed by atoms with Gasteiger partial charge in [0.25, 0.3) is 0 Å². The van der Waals surface area contributed by atoms with E-state index < -0.39 is 6.29 Å². The molecule has 1 aliphatic heterocycles. The normalized spacial score (nSPS) is 17.7. The molecule has 1 atom stereocenters. The molecule has 1 heterocycles. The van der Waals surface area contributed by atoms with Crippen molar-refractivity contribution in [1.82, 2.24) is 0 Å². The van der Waals surface area contributed by atoms with Gasteiger partial charge in [-0.2, -0.15) is 0 Å². The van der Waals surface area contributed by atoms with E-state index in [-0.39, 0.29) is 0 Å². The van der Waals surface area contributed by atoms with Crippen LogP contribution in [0.1, 0.15) is 11.1 Å². The first-order valence-corrected chi connectivity index (χ1v) is 5.83. The molecule has 0 saturated carbocycles. The predicted octanol–water partition coefficient (Wildman–Crippen LogP) is 2.83. The number of aliphatic hydroxyl groups excluding tert-OH is 1. The van der Waals surface area contributed by atoms with Crippen LogP contribution in [0.15, 0.2) is 53.5 Å². The maximum Gasteiger partial charge on any atom is 0.242 e. The molecule has 0 fully saturated rings. The van der Waals surface area contributed by atoms with Crippen LogP contribution >= 0.6 is 0 Å². The van der Waals surface area contributed by atoms with Crippen LogP contribution in [0.2, 0.25) is 0 Å². The Morgan fingerprint density at radius 3 is 2.56 bits per heavy atom. The van der Waals surface area contributed by atoms with Gasteiger partial charge in [-0.1, -0.05) is 42.0 Å². The third-order valence-corrected chi connectivity index (χ3v) is 2.93. The van der Waals surface area contributed by atoms with E-state index >= 15 is 0 Å². The van der Waals surface area contributed by atoms with Gasteiger partial charge in [-0.25, -0.2) is 4.99 Å². The molecule has 1 unspecified atom stereocenters. The molecule has 0 radical (unpaired) electrons. The van der Waals surface area contributed by atoms with E-state index in [1.54, 1.807) is 6.07 Å². The number of nitrogens with zero attached hydrogens (tertiary/aromatic N) is 1. The highest BCUT2D eigenvalue weighted by molar-refractivity contribution is 6.05. The van der Waals surface area contributed by atoms with Crippen molar-refractivity contribution in [2.45, 2.75) is 13.2 Å². The standard InChI is InChI=1S/C15H13NO2/c1-10-6-8-11(9-7-10)14-15(17)18-13-5-3-2-4-12(13)16-14/h2-9,15,17H,1H3. The summed E-state index contributed by atoms with van der Waals surface area (Å²) in [7, 11) is 0. The van der Waals surface area contributed by atoms with Crippen LogP contribution in [-0.2, 0) is 0 Å². The Morgan fingerprint density at radius 2 is 1.78 bits per heavy atom. The Bertz CT molecular complexity index is 602. The third-order valence-electron chi connectivity index (χ3n) is 2.93. The fourth-order valence-corrected chi connectivity index (χ4v) is 1.94. The Morgan fingerprint density at radius 1 is 1.06 bits per heavy atom. The number of aliphatic imine (C=N–C) groups is 1. The summed E-state index contributed by atoms with van der Waals surface area (Å²) >= 11 is 0. The Hall–Kier alpha value is -2.13. The highest BCUT2D eigenvalue weighted by Gasteiger charge is 2.22. The van der Waals surface area contributed by atoms with E-state index in [4.69, 9.17) is 4.74 Å². The van der Waals surface area contributed by atoms with Crippen LogP contribution in [-0.4, -0.2) is 17.1 Å². The number of benzene rings is 2. The van der Waals surface area contributed by atoms with Gasteiger partial charge < -0.3 is 9.84 Å². The summed E-state index contributed by atoms with van der Waals surface area (Å²) in [6.07, 6.45) is -1.01. The van der Waals surface area contributed by atoms with E-state index in [2.05, 4.69) is 4.99 Å². The average molecular weight is 239 g/mol. The summed E-state index contributed by atoms with van der Waals surface area (Å²) < 4.78 is 5.45. The van der Waals surface area contributed by atoms with E-state index in [0.29, 0.717) is 11.5 Å². The number of aryl methyl sites for hydroxylation is 1. The maximum absolute atomic E-state index is 9.99. The number of aliphatic hydroxyl groups is 1. The summed E-state index contributed by atoms with van der Waals surface area (Å²) in [4.78, 5) is 4.47. The molecule has 3 rings (SSSR count). The summed E-state index contributed by atoms with van der Waals surface area (Å²) in [6, 6.07) is 15.3. The summed E-state index contributed by atoms with van der Waals surface area (Å²) in [5.74, 6) is 0.612. The van der Waals surface area contributed by atoms with Gasteiger partial charge in [-0.05, 0) is 19.1 Å². The van der Waals surface area contributed by atoms with Gasteiger partial charge in [0.1, 0.15) is 17.1 Å². The zero-order valence-electron chi connectivity index (χ0n) is 10.00. The highest BCUT2D eigenvalue weighted by atomic mass is 16.6. The van der Waals surface area contributed by atoms with E-state index in [9.17, 15) is 5.11 Å². The van der Waals surface area contributed by atoms with Crippen molar-refractivity contribution < 1.29 is 9.84 Å². The summed E-state index contributed by atoms with van der Waals surface area (Å²) in [5, 5.41) is 9.99. The molecule has 0 aromatic heterocycles. The Kier molecular flexibility index (Phi) is 2.61. The van der Waals surface area contributed by atoms with Crippen molar-refractivity contribution in [2.24, 2.45) is 4.99 Å². The molecule has 18 heavy (non-hydrogen) atoms. The van der Waals surface area contributed by atoms with Crippen LogP contribution < -0.4 is 4.74 Å². The minimum atomic E-state index is -1.01. The molecule has 0 bridgehead atoms. The topological polar surface area (TPSA) is 41.8 Å². The molecule has 0 aliphatic carbocycles. The molecular formula is C15H13NO2. The smallest absolute Gasteiger partial charge is 0.242 e. The molecule has 2 aromatic carbocycles. The second-order valence-electron chi connectivity index (χ2n) is 4.30. The first kappa shape index (κ1) is 11.0.